The van der Waals surface area contributed by atoms with Crippen LogP contribution in [0.15, 0.2) is 41.4 Å². The second-order valence-electron chi connectivity index (χ2n) is 7.17. The number of nitrogens with one attached hydrogen (secondary N) is 1. The Balaban J connectivity index is 1.80. The van der Waals surface area contributed by atoms with Crippen molar-refractivity contribution in [2.75, 3.05) is 13.7 Å². The van der Waals surface area contributed by atoms with Crippen LogP contribution < -0.4 is 15.8 Å². The van der Waals surface area contributed by atoms with Gasteiger partial charge in [-0.15, -0.1) is 0 Å². The summed E-state index contributed by atoms with van der Waals surface area (Å²) in [4.78, 5) is 0.638. The first-order valence-corrected chi connectivity index (χ1v) is 11.3. The molecule has 5 atom stereocenters. The summed E-state index contributed by atoms with van der Waals surface area (Å²) in [6.45, 7) is -0.515. The van der Waals surface area contributed by atoms with Crippen molar-refractivity contribution in [2.45, 2.75) is 34.7 Å². The van der Waals surface area contributed by atoms with Crippen molar-refractivity contribution in [3.8, 4) is 5.75 Å². The largest absolute Gasteiger partial charge is 0.491 e. The number of hydrogen-bond donors (Lipinski definition) is 5. The second-order valence-corrected chi connectivity index (χ2v) is 9.15. The van der Waals surface area contributed by atoms with Gasteiger partial charge in [0.15, 0.2) is 17.4 Å². The molecule has 33 heavy (non-hydrogen) atoms. The van der Waals surface area contributed by atoms with Gasteiger partial charge >= 0.3 is 0 Å². The fourth-order valence-electron chi connectivity index (χ4n) is 3.26. The first-order chi connectivity index (χ1) is 15.7. The van der Waals surface area contributed by atoms with E-state index in [2.05, 4.69) is 10.1 Å². The first kappa shape index (κ1) is 25.8. The molecule has 1 aliphatic rings. The zero-order valence-electron chi connectivity index (χ0n) is 17.2. The van der Waals surface area contributed by atoms with E-state index in [1.54, 1.807) is 18.2 Å². The van der Waals surface area contributed by atoms with Crippen LogP contribution in [0.2, 0.25) is 10.0 Å². The van der Waals surface area contributed by atoms with E-state index in [4.69, 9.17) is 33.7 Å². The van der Waals surface area contributed by atoms with Crippen LogP contribution in [0.25, 0.3) is 5.70 Å². The average Bonchev–Trinajstić information content (AvgIpc) is 2.77. The van der Waals surface area contributed by atoms with Crippen molar-refractivity contribution in [1.29, 1.82) is 0 Å². The Morgan fingerprint density at radius 2 is 1.85 bits per heavy atom. The first-order valence-electron chi connectivity index (χ1n) is 9.65. The molecule has 180 valence electrons. The van der Waals surface area contributed by atoms with E-state index in [0.29, 0.717) is 14.9 Å². The van der Waals surface area contributed by atoms with Crippen molar-refractivity contribution in [3.05, 3.63) is 63.8 Å². The maximum absolute atomic E-state index is 14.0. The molecule has 0 aromatic heterocycles. The molecule has 0 saturated carbocycles. The molecule has 0 amide bonds. The molecule has 1 aliphatic heterocycles. The number of aliphatic hydroxyl groups excluding tert-OH is 3. The van der Waals surface area contributed by atoms with Crippen molar-refractivity contribution >= 4 is 40.7 Å². The topological polar surface area (TPSA) is 117 Å². The van der Waals surface area contributed by atoms with E-state index in [9.17, 15) is 24.1 Å². The predicted octanol–water partition coefficient (Wildman–Crippen LogP) is 2.73. The molecule has 0 spiro atoms. The molecule has 3 rings (SSSR count). The minimum atomic E-state index is -1.32. The van der Waals surface area contributed by atoms with Gasteiger partial charge in [-0.3, -0.25) is 0 Å². The normalized spacial score (nSPS) is 25.7. The minimum Gasteiger partial charge on any atom is -0.491 e. The molecule has 7 nitrogen and oxygen atoms in total. The summed E-state index contributed by atoms with van der Waals surface area (Å²) in [6.07, 6.45) is -2.39. The smallest absolute Gasteiger partial charge is 0.190 e. The molecule has 1 saturated heterocycles. The van der Waals surface area contributed by atoms with Gasteiger partial charge in [-0.05, 0) is 30.3 Å². The minimum absolute atomic E-state index is 0.0229. The number of hydrogen-bond acceptors (Lipinski definition) is 8. The van der Waals surface area contributed by atoms with E-state index < -0.39 is 53.8 Å². The summed E-state index contributed by atoms with van der Waals surface area (Å²) >= 11 is 13.1. The number of benzene rings is 2. The number of methoxy groups -OCH3 is 1. The lowest BCUT2D eigenvalue weighted by Gasteiger charge is -2.42. The third-order valence-electron chi connectivity index (χ3n) is 4.99. The zero-order chi connectivity index (χ0) is 24.3. The highest BCUT2D eigenvalue weighted by Crippen LogP contribution is 2.36. The van der Waals surface area contributed by atoms with Gasteiger partial charge < -0.3 is 35.8 Å². The maximum atomic E-state index is 14.0. The molecule has 0 bridgehead atoms. The Hall–Kier alpha value is -1.79. The standard InChI is InChI=1S/C21H22Cl2F2N2O5S/c1-31-20-13(24)4-9(5-14(20)25)15(26)7-27-17-18(29)16(8-28)32-21(19(17)30)33-10-2-3-11(22)12(23)6-10/h2-7,16-19,21,27-30H,8,26H2,1H3/b15-7-. The SMILES string of the molecule is COc1c(F)cc(/C(N)=C/NC2C(O)C(CO)OC(Sc3ccc(Cl)c(Cl)c3)C2O)cc1F. The lowest BCUT2D eigenvalue weighted by Crippen LogP contribution is -2.62. The summed E-state index contributed by atoms with van der Waals surface area (Å²) in [5.41, 5.74) is 5.00. The predicted molar refractivity (Wildman–Crippen MR) is 122 cm³/mol. The molecule has 1 heterocycles. The molecule has 1 fully saturated rings. The van der Waals surface area contributed by atoms with Crippen molar-refractivity contribution in [2.24, 2.45) is 5.73 Å². The molecular weight excluding hydrogens is 501 g/mol. The van der Waals surface area contributed by atoms with Gasteiger partial charge in [-0.25, -0.2) is 8.78 Å². The Labute approximate surface area is 203 Å². The lowest BCUT2D eigenvalue weighted by atomic mass is 9.97. The fraction of sp³-hybridized carbons (Fsp3) is 0.333. The highest BCUT2D eigenvalue weighted by atomic mass is 35.5. The highest BCUT2D eigenvalue weighted by Gasteiger charge is 2.44. The Kier molecular flexibility index (Phi) is 8.68. The monoisotopic (exact) mass is 522 g/mol. The van der Waals surface area contributed by atoms with E-state index in [0.717, 1.165) is 31.0 Å². The third kappa shape index (κ3) is 5.83. The number of ether oxygens (including phenoxy) is 2. The maximum Gasteiger partial charge on any atom is 0.190 e. The Morgan fingerprint density at radius 1 is 1.18 bits per heavy atom. The van der Waals surface area contributed by atoms with Gasteiger partial charge in [0.05, 0.1) is 35.5 Å². The summed E-state index contributed by atoms with van der Waals surface area (Å²) in [7, 11) is 1.14. The molecule has 0 radical (unpaired) electrons. The van der Waals surface area contributed by atoms with Crippen LogP contribution in [-0.2, 0) is 4.74 Å². The number of halogens is 4. The van der Waals surface area contributed by atoms with Crippen LogP contribution in [0.1, 0.15) is 5.56 Å². The summed E-state index contributed by atoms with van der Waals surface area (Å²) in [5.74, 6) is -2.41. The van der Waals surface area contributed by atoms with Crippen molar-refractivity contribution in [3.63, 3.8) is 0 Å². The molecular formula is C21H22Cl2F2N2O5S. The molecule has 5 unspecified atom stereocenters. The van der Waals surface area contributed by atoms with Gasteiger partial charge in [-0.1, -0.05) is 35.0 Å². The summed E-state index contributed by atoms with van der Waals surface area (Å²) in [6, 6.07) is 5.82. The molecule has 2 aromatic carbocycles. The van der Waals surface area contributed by atoms with Crippen molar-refractivity contribution < 1.29 is 33.6 Å². The van der Waals surface area contributed by atoms with Gasteiger partial charge in [0.2, 0.25) is 0 Å². The van der Waals surface area contributed by atoms with E-state index in [1.165, 1.54) is 6.20 Å². The second kappa shape index (κ2) is 11.1. The van der Waals surface area contributed by atoms with Gasteiger partial charge in [-0.2, -0.15) is 0 Å². The van der Waals surface area contributed by atoms with E-state index in [1.807, 2.05) is 0 Å². The van der Waals surface area contributed by atoms with Crippen LogP contribution in [0.4, 0.5) is 8.78 Å². The van der Waals surface area contributed by atoms with Crippen LogP contribution >= 0.6 is 35.0 Å². The van der Waals surface area contributed by atoms with E-state index >= 15 is 0 Å². The zero-order valence-corrected chi connectivity index (χ0v) is 19.5. The van der Waals surface area contributed by atoms with Crippen LogP contribution in [0.5, 0.6) is 5.75 Å². The molecule has 2 aromatic rings. The molecule has 0 aliphatic carbocycles. The average molecular weight is 523 g/mol. The van der Waals surface area contributed by atoms with Gasteiger partial charge in [0, 0.05) is 16.7 Å². The number of aliphatic hydroxyl groups is 3. The van der Waals surface area contributed by atoms with Crippen LogP contribution in [0.3, 0.4) is 0 Å². The quantitative estimate of drug-likeness (QED) is 0.376. The highest BCUT2D eigenvalue weighted by molar-refractivity contribution is 7.99. The number of rotatable bonds is 7. The van der Waals surface area contributed by atoms with Gasteiger partial charge in [0.1, 0.15) is 23.7 Å². The number of nitrogens with two attached hydrogens (primary N) is 1. The number of thioether (sulfide) groups is 1. The lowest BCUT2D eigenvalue weighted by molar-refractivity contribution is -0.164. The van der Waals surface area contributed by atoms with E-state index in [-0.39, 0.29) is 11.3 Å². The molecule has 6 N–H and O–H groups in total. The Bertz CT molecular complexity index is 1010. The van der Waals surface area contributed by atoms with Crippen molar-refractivity contribution in [1.82, 2.24) is 5.32 Å². The summed E-state index contributed by atoms with van der Waals surface area (Å²) in [5, 5.41) is 34.4. The fourth-order valence-corrected chi connectivity index (χ4v) is 4.73. The molecule has 12 heteroatoms. The van der Waals surface area contributed by atoms with Gasteiger partial charge in [0.25, 0.3) is 0 Å². The third-order valence-corrected chi connectivity index (χ3v) is 6.88. The van der Waals surface area contributed by atoms with Crippen LogP contribution in [0, 0.1) is 11.6 Å². The van der Waals surface area contributed by atoms with Crippen LogP contribution in [-0.4, -0.2) is 58.8 Å². The summed E-state index contributed by atoms with van der Waals surface area (Å²) < 4.78 is 38.3. The Morgan fingerprint density at radius 3 is 2.42 bits per heavy atom.